The molecule has 138 valence electrons. The van der Waals surface area contributed by atoms with Gasteiger partial charge >= 0.3 is 0 Å². The van der Waals surface area contributed by atoms with Crippen LogP contribution in [0.1, 0.15) is 15.9 Å². The predicted octanol–water partition coefficient (Wildman–Crippen LogP) is 2.15. The van der Waals surface area contributed by atoms with E-state index in [1.807, 2.05) is 61.1 Å². The van der Waals surface area contributed by atoms with Crippen molar-refractivity contribution < 1.29 is 14.4 Å². The summed E-state index contributed by atoms with van der Waals surface area (Å²) in [5, 5.41) is 4.61. The second-order valence-corrected chi connectivity index (χ2v) is 7.12. The van der Waals surface area contributed by atoms with E-state index in [1.54, 1.807) is 10.8 Å². The smallest absolute Gasteiger partial charge is 0.287 e. The molecule has 0 fully saturated rings. The van der Waals surface area contributed by atoms with Crippen molar-refractivity contribution in [3.05, 3.63) is 71.4 Å². The summed E-state index contributed by atoms with van der Waals surface area (Å²) < 4.78 is 1.78. The summed E-state index contributed by atoms with van der Waals surface area (Å²) in [4.78, 5) is 37.5. The number of amides is 2. The molecule has 2 amide bonds. The number of aryl methyl sites for hydroxylation is 1. The molecule has 1 aromatic carbocycles. The number of nitrogens with one attached hydrogen (secondary N) is 1. The zero-order valence-corrected chi connectivity index (χ0v) is 15.5. The van der Waals surface area contributed by atoms with Crippen molar-refractivity contribution in [1.82, 2.24) is 9.88 Å². The lowest BCUT2D eigenvalue weighted by molar-refractivity contribution is -0.137. The van der Waals surface area contributed by atoms with Gasteiger partial charge in [-0.15, -0.1) is 11.3 Å². The Kier molecular flexibility index (Phi) is 5.52. The van der Waals surface area contributed by atoms with Gasteiger partial charge in [-0.2, -0.15) is 0 Å². The average molecular weight is 381 g/mol. The van der Waals surface area contributed by atoms with E-state index in [9.17, 15) is 14.4 Å². The van der Waals surface area contributed by atoms with Crippen molar-refractivity contribution in [3.63, 3.8) is 0 Å². The minimum atomic E-state index is -1.07. The fourth-order valence-electron chi connectivity index (χ4n) is 2.86. The largest absolute Gasteiger partial charge is 0.363 e. The number of Topliss-reactive ketones (excluding diaryl/α,β-unsaturated/α-hetero) is 1. The van der Waals surface area contributed by atoms with Crippen LogP contribution in [0.25, 0.3) is 10.4 Å². The molecule has 2 aromatic heterocycles. The molecule has 3 aromatic rings. The van der Waals surface area contributed by atoms with Gasteiger partial charge in [-0.05, 0) is 17.0 Å². The molecule has 1 atom stereocenters. The number of ketones is 1. The minimum Gasteiger partial charge on any atom is -0.363 e. The van der Waals surface area contributed by atoms with E-state index in [0.29, 0.717) is 5.56 Å². The van der Waals surface area contributed by atoms with Crippen LogP contribution in [0.4, 0.5) is 0 Å². The summed E-state index contributed by atoms with van der Waals surface area (Å²) >= 11 is 1.52. The topological polar surface area (TPSA) is 94.2 Å². The zero-order chi connectivity index (χ0) is 19.4. The molecule has 7 heteroatoms. The molecule has 0 aliphatic heterocycles. The highest BCUT2D eigenvalue weighted by Crippen LogP contribution is 2.28. The van der Waals surface area contributed by atoms with Gasteiger partial charge in [0.1, 0.15) is 6.04 Å². The number of carbonyl (C=O) groups is 3. The molecular formula is C20H19N3O3S. The first kappa shape index (κ1) is 18.6. The molecule has 3 N–H and O–H groups in total. The number of benzene rings is 1. The van der Waals surface area contributed by atoms with Gasteiger partial charge in [-0.25, -0.2) is 0 Å². The van der Waals surface area contributed by atoms with Crippen LogP contribution in [0, 0.1) is 0 Å². The summed E-state index contributed by atoms with van der Waals surface area (Å²) in [6, 6.07) is 12.0. The van der Waals surface area contributed by atoms with Crippen LogP contribution in [0.5, 0.6) is 0 Å². The molecule has 2 heterocycles. The molecule has 0 radical (unpaired) electrons. The highest BCUT2D eigenvalue weighted by Gasteiger charge is 2.27. The van der Waals surface area contributed by atoms with E-state index in [2.05, 4.69) is 5.32 Å². The summed E-state index contributed by atoms with van der Waals surface area (Å²) in [7, 11) is 1.82. The van der Waals surface area contributed by atoms with Crippen molar-refractivity contribution >= 4 is 28.9 Å². The third-order valence-electron chi connectivity index (χ3n) is 4.13. The second kappa shape index (κ2) is 8.01. The van der Waals surface area contributed by atoms with E-state index in [1.165, 1.54) is 11.3 Å². The number of nitrogens with two attached hydrogens (primary N) is 1. The molecule has 0 aliphatic rings. The average Bonchev–Trinajstić information content (AvgIpc) is 3.30. The Morgan fingerprint density at radius 2 is 1.85 bits per heavy atom. The normalized spacial score (nSPS) is 11.7. The Labute approximate surface area is 160 Å². The van der Waals surface area contributed by atoms with Crippen molar-refractivity contribution in [3.8, 4) is 10.4 Å². The maximum absolute atomic E-state index is 12.9. The summed E-state index contributed by atoms with van der Waals surface area (Å²) in [5.74, 6) is -2.31. The second-order valence-electron chi connectivity index (χ2n) is 6.17. The summed E-state index contributed by atoms with van der Waals surface area (Å²) in [6.45, 7) is 0. The lowest BCUT2D eigenvalue weighted by atomic mass is 10.0. The highest BCUT2D eigenvalue weighted by molar-refractivity contribution is 7.13. The van der Waals surface area contributed by atoms with Crippen molar-refractivity contribution in [2.24, 2.45) is 12.8 Å². The number of rotatable bonds is 7. The molecule has 0 aliphatic carbocycles. The fourth-order valence-corrected chi connectivity index (χ4v) is 3.61. The summed E-state index contributed by atoms with van der Waals surface area (Å²) in [6.07, 6.45) is 3.73. The van der Waals surface area contributed by atoms with Gasteiger partial charge in [0.05, 0.1) is 5.56 Å². The number of nitrogens with zero attached hydrogens (tertiary/aromatic N) is 1. The number of carbonyl (C=O) groups excluding carboxylic acids is 3. The number of hydrogen-bond donors (Lipinski definition) is 2. The minimum absolute atomic E-state index is 0.190. The van der Waals surface area contributed by atoms with E-state index in [0.717, 1.165) is 16.0 Å². The van der Waals surface area contributed by atoms with Crippen LogP contribution in [0.3, 0.4) is 0 Å². The Bertz CT molecular complexity index is 962. The van der Waals surface area contributed by atoms with Gasteiger partial charge < -0.3 is 15.6 Å². The van der Waals surface area contributed by atoms with E-state index < -0.39 is 23.6 Å². The molecule has 1 unspecified atom stereocenters. The molecule has 0 bridgehead atoms. The number of thiophene rings is 1. The van der Waals surface area contributed by atoms with E-state index in [4.69, 9.17) is 5.73 Å². The van der Waals surface area contributed by atoms with Crippen molar-refractivity contribution in [2.45, 2.75) is 12.5 Å². The van der Waals surface area contributed by atoms with Crippen LogP contribution in [0.2, 0.25) is 0 Å². The fraction of sp³-hybridized carbons (Fsp3) is 0.150. The first-order valence-corrected chi connectivity index (χ1v) is 9.22. The Hall–Kier alpha value is -3.19. The molecule has 3 rings (SSSR count). The van der Waals surface area contributed by atoms with Gasteiger partial charge in [0, 0.05) is 36.3 Å². The first-order chi connectivity index (χ1) is 13.0. The lowest BCUT2D eigenvalue weighted by Crippen LogP contribution is -2.47. The van der Waals surface area contributed by atoms with Crippen LogP contribution >= 0.6 is 11.3 Å². The van der Waals surface area contributed by atoms with Crippen molar-refractivity contribution in [2.75, 3.05) is 0 Å². The molecular weight excluding hydrogens is 362 g/mol. The maximum atomic E-state index is 12.9. The third-order valence-corrected chi connectivity index (χ3v) is 5.04. The number of primary amides is 1. The number of hydrogen-bond acceptors (Lipinski definition) is 4. The standard InChI is InChI=1S/C20H19N3O3S/c1-23-11-14(17-8-5-9-27-17)15(12-23)20(26)22-16(18(24)19(21)25)10-13-6-3-2-4-7-13/h2-9,11-12,16H,10H2,1H3,(H2,21,25)(H,22,26). The molecule has 0 saturated heterocycles. The van der Waals surface area contributed by atoms with Crippen molar-refractivity contribution in [1.29, 1.82) is 0 Å². The zero-order valence-electron chi connectivity index (χ0n) is 14.7. The first-order valence-electron chi connectivity index (χ1n) is 8.34. The lowest BCUT2D eigenvalue weighted by Gasteiger charge is -2.16. The maximum Gasteiger partial charge on any atom is 0.287 e. The van der Waals surface area contributed by atoms with Gasteiger partial charge in [-0.3, -0.25) is 14.4 Å². The molecule has 6 nitrogen and oxygen atoms in total. The summed E-state index contributed by atoms with van der Waals surface area (Å²) in [5.41, 5.74) is 7.21. The van der Waals surface area contributed by atoms with E-state index in [-0.39, 0.29) is 6.42 Å². The van der Waals surface area contributed by atoms with Gasteiger partial charge in [0.15, 0.2) is 0 Å². The quantitative estimate of drug-likeness (QED) is 0.614. The highest BCUT2D eigenvalue weighted by atomic mass is 32.1. The Balaban J connectivity index is 1.87. The van der Waals surface area contributed by atoms with E-state index >= 15 is 0 Å². The molecule has 27 heavy (non-hydrogen) atoms. The van der Waals surface area contributed by atoms with Gasteiger partial charge in [-0.1, -0.05) is 36.4 Å². The molecule has 0 spiro atoms. The van der Waals surface area contributed by atoms with Crippen LogP contribution < -0.4 is 11.1 Å². The SMILES string of the molecule is Cn1cc(C(=O)NC(Cc2ccccc2)C(=O)C(N)=O)c(-c2cccs2)c1. The Morgan fingerprint density at radius 1 is 1.11 bits per heavy atom. The monoisotopic (exact) mass is 381 g/mol. The third kappa shape index (κ3) is 4.32. The van der Waals surface area contributed by atoms with Gasteiger partial charge in [0.25, 0.3) is 11.8 Å². The van der Waals surface area contributed by atoms with Gasteiger partial charge in [0.2, 0.25) is 5.78 Å². The Morgan fingerprint density at radius 3 is 2.48 bits per heavy atom. The predicted molar refractivity (Wildman–Crippen MR) is 104 cm³/mol. The van der Waals surface area contributed by atoms with Crippen LogP contribution in [0.15, 0.2) is 60.2 Å². The van der Waals surface area contributed by atoms with Crippen LogP contribution in [-0.4, -0.2) is 28.2 Å². The van der Waals surface area contributed by atoms with Crippen LogP contribution in [-0.2, 0) is 23.1 Å². The molecule has 0 saturated carbocycles. The number of aromatic nitrogens is 1.